The number of aryl methyl sites for hydroxylation is 1. The minimum absolute atomic E-state index is 0.00986. The van der Waals surface area contributed by atoms with Gasteiger partial charge in [-0.2, -0.15) is 0 Å². The third-order valence-electron chi connectivity index (χ3n) is 5.44. The topological polar surface area (TPSA) is 59.8 Å². The summed E-state index contributed by atoms with van der Waals surface area (Å²) in [6.07, 6.45) is 6.17. The molecular weight excluding hydrogens is 368 g/mol. The predicted molar refractivity (Wildman–Crippen MR) is 116 cm³/mol. The summed E-state index contributed by atoms with van der Waals surface area (Å²) in [5.74, 6) is 0.934. The molecule has 1 amide bonds. The Balaban J connectivity index is 1.65. The van der Waals surface area contributed by atoms with Crippen LogP contribution in [0.25, 0.3) is 0 Å². The molecular formula is C22H32N4OS. The van der Waals surface area contributed by atoms with E-state index in [4.69, 9.17) is 0 Å². The zero-order valence-electron chi connectivity index (χ0n) is 17.7. The van der Waals surface area contributed by atoms with Crippen molar-refractivity contribution >= 4 is 23.4 Å². The van der Waals surface area contributed by atoms with E-state index < -0.39 is 0 Å². The molecule has 1 fully saturated rings. The molecule has 1 aliphatic carbocycles. The average Bonchev–Trinajstić information content (AvgIpc) is 3.02. The Hall–Kier alpha value is -1.82. The fourth-order valence-electron chi connectivity index (χ4n) is 3.70. The van der Waals surface area contributed by atoms with Crippen LogP contribution in [0.5, 0.6) is 0 Å². The molecule has 2 aromatic rings. The van der Waals surface area contributed by atoms with Crippen LogP contribution in [0.3, 0.4) is 0 Å². The Labute approximate surface area is 172 Å². The average molecular weight is 401 g/mol. The molecule has 1 heterocycles. The van der Waals surface area contributed by atoms with Gasteiger partial charge in [0, 0.05) is 11.7 Å². The molecule has 152 valence electrons. The van der Waals surface area contributed by atoms with E-state index in [1.807, 2.05) is 26.0 Å². The van der Waals surface area contributed by atoms with Crippen LogP contribution >= 0.6 is 11.8 Å². The van der Waals surface area contributed by atoms with Gasteiger partial charge in [-0.05, 0) is 49.8 Å². The molecule has 5 nitrogen and oxygen atoms in total. The maximum atomic E-state index is 12.7. The molecule has 0 aliphatic heterocycles. The number of anilines is 1. The van der Waals surface area contributed by atoms with Gasteiger partial charge in [-0.3, -0.25) is 4.79 Å². The highest BCUT2D eigenvalue weighted by atomic mass is 32.2. The number of nitrogens with zero attached hydrogens (tertiary/aromatic N) is 3. The van der Waals surface area contributed by atoms with Gasteiger partial charge < -0.3 is 9.88 Å². The summed E-state index contributed by atoms with van der Waals surface area (Å²) in [5.41, 5.74) is 2.19. The molecule has 1 aromatic heterocycles. The van der Waals surface area contributed by atoms with Gasteiger partial charge in [0.2, 0.25) is 5.91 Å². The van der Waals surface area contributed by atoms with E-state index in [1.165, 1.54) is 49.4 Å². The van der Waals surface area contributed by atoms with Crippen LogP contribution in [-0.4, -0.2) is 25.9 Å². The molecule has 28 heavy (non-hydrogen) atoms. The maximum absolute atomic E-state index is 12.7. The molecule has 0 saturated heterocycles. The molecule has 1 N–H and O–H groups in total. The van der Waals surface area contributed by atoms with Gasteiger partial charge in [-0.1, -0.05) is 63.9 Å². The Morgan fingerprint density at radius 2 is 1.79 bits per heavy atom. The lowest BCUT2D eigenvalue weighted by atomic mass is 9.87. The van der Waals surface area contributed by atoms with Gasteiger partial charge in [0.15, 0.2) is 5.16 Å². The van der Waals surface area contributed by atoms with Gasteiger partial charge in [0.25, 0.3) is 0 Å². The normalized spacial score (nSPS) is 16.8. The van der Waals surface area contributed by atoms with E-state index in [-0.39, 0.29) is 16.6 Å². The van der Waals surface area contributed by atoms with Crippen LogP contribution in [0.1, 0.15) is 77.2 Å². The third kappa shape index (κ3) is 4.96. The van der Waals surface area contributed by atoms with Crippen LogP contribution in [-0.2, 0) is 10.2 Å². The minimum atomic E-state index is -0.242. The van der Waals surface area contributed by atoms with Crippen molar-refractivity contribution in [2.24, 2.45) is 0 Å². The first-order valence-corrected chi connectivity index (χ1v) is 11.1. The number of rotatable bonds is 5. The summed E-state index contributed by atoms with van der Waals surface area (Å²) in [5, 5.41) is 12.3. The molecule has 6 heteroatoms. The highest BCUT2D eigenvalue weighted by Crippen LogP contribution is 2.34. The van der Waals surface area contributed by atoms with Crippen molar-refractivity contribution in [3.63, 3.8) is 0 Å². The molecule has 1 aliphatic rings. The molecule has 0 radical (unpaired) electrons. The minimum Gasteiger partial charge on any atom is -0.325 e. The van der Waals surface area contributed by atoms with Crippen LogP contribution in [0.4, 0.5) is 5.69 Å². The van der Waals surface area contributed by atoms with E-state index in [2.05, 4.69) is 53.0 Å². The second-order valence-electron chi connectivity index (χ2n) is 8.77. The fourth-order valence-corrected chi connectivity index (χ4v) is 4.66. The summed E-state index contributed by atoms with van der Waals surface area (Å²) >= 11 is 1.50. The number of nitrogens with one attached hydrogen (secondary N) is 1. The van der Waals surface area contributed by atoms with Gasteiger partial charge in [-0.25, -0.2) is 0 Å². The second kappa shape index (κ2) is 8.68. The number of amides is 1. The van der Waals surface area contributed by atoms with Gasteiger partial charge >= 0.3 is 0 Å². The highest BCUT2D eigenvalue weighted by molar-refractivity contribution is 8.00. The van der Waals surface area contributed by atoms with E-state index >= 15 is 0 Å². The summed E-state index contributed by atoms with van der Waals surface area (Å²) in [6, 6.07) is 8.58. The van der Waals surface area contributed by atoms with Crippen LogP contribution < -0.4 is 5.32 Å². The first kappa shape index (κ1) is 20.9. The Bertz CT molecular complexity index is 801. The SMILES string of the molecule is Cc1nnc(SC(C)C(=O)Nc2ccc(C(C)(C)C)cc2)n1C1CCCCC1. The van der Waals surface area contributed by atoms with E-state index in [1.54, 1.807) is 0 Å². The number of thioether (sulfide) groups is 1. The van der Waals surface area contributed by atoms with Crippen LogP contribution in [0.2, 0.25) is 0 Å². The lowest BCUT2D eigenvalue weighted by Crippen LogP contribution is -2.23. The van der Waals surface area contributed by atoms with Gasteiger partial charge in [0.1, 0.15) is 5.82 Å². The number of hydrogen-bond acceptors (Lipinski definition) is 4. The standard InChI is InChI=1S/C22H32N4OS/c1-15(20(27)23-18-13-11-17(12-14-18)22(3,4)5)28-21-25-24-16(2)26(21)19-9-7-6-8-10-19/h11-15,19H,6-10H2,1-5H3,(H,23,27). The van der Waals surface area contributed by atoms with Crippen molar-refractivity contribution in [2.75, 3.05) is 5.32 Å². The number of aromatic nitrogens is 3. The molecule has 1 aromatic carbocycles. The van der Waals surface area contributed by atoms with Crippen molar-refractivity contribution in [1.82, 2.24) is 14.8 Å². The van der Waals surface area contributed by atoms with Crippen molar-refractivity contribution in [1.29, 1.82) is 0 Å². The third-order valence-corrected chi connectivity index (χ3v) is 6.50. The molecule has 1 atom stereocenters. The van der Waals surface area contributed by atoms with Crippen molar-refractivity contribution in [3.05, 3.63) is 35.7 Å². The molecule has 3 rings (SSSR count). The summed E-state index contributed by atoms with van der Waals surface area (Å²) in [7, 11) is 0. The zero-order chi connectivity index (χ0) is 20.3. The Morgan fingerprint density at radius 3 is 2.39 bits per heavy atom. The predicted octanol–water partition coefficient (Wildman–Crippen LogP) is 5.51. The summed E-state index contributed by atoms with van der Waals surface area (Å²) in [6.45, 7) is 10.5. The smallest absolute Gasteiger partial charge is 0.237 e. The Morgan fingerprint density at radius 1 is 1.14 bits per heavy atom. The van der Waals surface area contributed by atoms with Crippen LogP contribution in [0, 0.1) is 6.92 Å². The van der Waals surface area contributed by atoms with Gasteiger partial charge in [-0.15, -0.1) is 10.2 Å². The molecule has 1 unspecified atom stereocenters. The molecule has 1 saturated carbocycles. The summed E-state index contributed by atoms with van der Waals surface area (Å²) in [4.78, 5) is 12.7. The first-order chi connectivity index (χ1) is 13.3. The molecule has 0 spiro atoms. The monoisotopic (exact) mass is 400 g/mol. The maximum Gasteiger partial charge on any atom is 0.237 e. The molecule has 0 bridgehead atoms. The second-order valence-corrected chi connectivity index (χ2v) is 10.1. The number of hydrogen-bond donors (Lipinski definition) is 1. The van der Waals surface area contributed by atoms with Crippen molar-refractivity contribution in [2.45, 2.75) is 88.6 Å². The Kier molecular flexibility index (Phi) is 6.48. The number of carbonyl (C=O) groups excluding carboxylic acids is 1. The highest BCUT2D eigenvalue weighted by Gasteiger charge is 2.24. The first-order valence-electron chi connectivity index (χ1n) is 10.3. The number of carbonyl (C=O) groups is 1. The number of benzene rings is 1. The van der Waals surface area contributed by atoms with E-state index in [0.717, 1.165) is 16.7 Å². The quantitative estimate of drug-likeness (QED) is 0.672. The lowest BCUT2D eigenvalue weighted by Gasteiger charge is -2.25. The largest absolute Gasteiger partial charge is 0.325 e. The van der Waals surface area contributed by atoms with E-state index in [0.29, 0.717) is 6.04 Å². The van der Waals surface area contributed by atoms with Crippen molar-refractivity contribution < 1.29 is 4.79 Å². The van der Waals surface area contributed by atoms with Crippen molar-refractivity contribution in [3.8, 4) is 0 Å². The summed E-state index contributed by atoms with van der Waals surface area (Å²) < 4.78 is 2.24. The fraction of sp³-hybridized carbons (Fsp3) is 0.591. The zero-order valence-corrected chi connectivity index (χ0v) is 18.5. The van der Waals surface area contributed by atoms with Gasteiger partial charge in [0.05, 0.1) is 5.25 Å². The van der Waals surface area contributed by atoms with E-state index in [9.17, 15) is 4.79 Å². The van der Waals surface area contributed by atoms with Crippen LogP contribution in [0.15, 0.2) is 29.4 Å². The lowest BCUT2D eigenvalue weighted by molar-refractivity contribution is -0.115.